The molecule has 7 heteroatoms. The minimum Gasteiger partial charge on any atom is -0.465 e. The second kappa shape index (κ2) is 11.8. The number of rotatable bonds is 4. The van der Waals surface area contributed by atoms with Crippen LogP contribution >= 0.6 is 0 Å². The van der Waals surface area contributed by atoms with Crippen LogP contribution in [0.5, 0.6) is 0 Å². The predicted molar refractivity (Wildman–Crippen MR) is 122 cm³/mol. The van der Waals surface area contributed by atoms with Crippen molar-refractivity contribution in [1.29, 1.82) is 0 Å². The van der Waals surface area contributed by atoms with E-state index in [4.69, 9.17) is 5.11 Å². The molecule has 0 saturated carbocycles. The van der Waals surface area contributed by atoms with Crippen molar-refractivity contribution in [2.75, 3.05) is 43.1 Å². The first kappa shape index (κ1) is 24.0. The molecular weight excluding hydrogens is 414 g/mol. The molecule has 174 valence electrons. The summed E-state index contributed by atoms with van der Waals surface area (Å²) >= 11 is 0. The van der Waals surface area contributed by atoms with Crippen molar-refractivity contribution in [3.63, 3.8) is 0 Å². The van der Waals surface area contributed by atoms with E-state index in [1.807, 2.05) is 0 Å². The van der Waals surface area contributed by atoms with Crippen LogP contribution in [0.2, 0.25) is 0 Å². The standard InChI is InChI=1S/C13H16FNO2.C12H16FNO/c1-17-13(16)11-9-10(5-6-12(11)14)15-7-3-2-4-8-15;13-12-5-4-11(8-10(12)9-15)14-6-2-1-3-7-14/h5-6,9H,2-4,7-8H2,1H3;4-5,8,15H,1-3,6-7,9H2. The molecule has 0 aromatic heterocycles. The molecular formula is C25H32F2N2O3. The van der Waals surface area contributed by atoms with E-state index in [0.29, 0.717) is 5.56 Å². The van der Waals surface area contributed by atoms with Gasteiger partial charge in [0, 0.05) is 43.1 Å². The number of methoxy groups -OCH3 is 1. The lowest BCUT2D eigenvalue weighted by Crippen LogP contribution is -2.29. The molecule has 4 rings (SSSR count). The van der Waals surface area contributed by atoms with Gasteiger partial charge in [-0.1, -0.05) is 0 Å². The average Bonchev–Trinajstić information content (AvgIpc) is 2.85. The van der Waals surface area contributed by atoms with Gasteiger partial charge in [0.05, 0.1) is 19.3 Å². The first-order valence-electron chi connectivity index (χ1n) is 11.3. The zero-order valence-corrected chi connectivity index (χ0v) is 18.7. The van der Waals surface area contributed by atoms with Gasteiger partial charge < -0.3 is 19.6 Å². The summed E-state index contributed by atoms with van der Waals surface area (Å²) < 4.78 is 31.2. The second-order valence-corrected chi connectivity index (χ2v) is 8.18. The summed E-state index contributed by atoms with van der Waals surface area (Å²) in [6.45, 7) is 3.78. The van der Waals surface area contributed by atoms with E-state index in [9.17, 15) is 13.6 Å². The van der Waals surface area contributed by atoms with Crippen LogP contribution < -0.4 is 9.80 Å². The maximum absolute atomic E-state index is 13.5. The summed E-state index contributed by atoms with van der Waals surface area (Å²) in [4.78, 5) is 15.8. The third-order valence-corrected chi connectivity index (χ3v) is 6.00. The molecule has 5 nitrogen and oxygen atoms in total. The van der Waals surface area contributed by atoms with E-state index in [1.54, 1.807) is 24.3 Å². The van der Waals surface area contributed by atoms with E-state index in [0.717, 1.165) is 50.4 Å². The topological polar surface area (TPSA) is 53.0 Å². The van der Waals surface area contributed by atoms with Crippen LogP contribution in [0.25, 0.3) is 0 Å². The number of anilines is 2. The molecule has 2 saturated heterocycles. The number of carbonyl (C=O) groups excluding carboxylic acids is 1. The van der Waals surface area contributed by atoms with Crippen molar-refractivity contribution in [2.45, 2.75) is 45.1 Å². The van der Waals surface area contributed by atoms with Crippen LogP contribution in [0, 0.1) is 11.6 Å². The molecule has 2 aliphatic heterocycles. The third kappa shape index (κ3) is 6.19. The molecule has 1 N–H and O–H groups in total. The maximum Gasteiger partial charge on any atom is 0.340 e. The molecule has 32 heavy (non-hydrogen) atoms. The summed E-state index contributed by atoms with van der Waals surface area (Å²) in [5, 5.41) is 8.98. The fourth-order valence-corrected chi connectivity index (χ4v) is 4.16. The molecule has 0 spiro atoms. The van der Waals surface area contributed by atoms with E-state index in [-0.39, 0.29) is 18.0 Å². The number of aliphatic hydroxyl groups is 1. The number of piperidine rings is 2. The Bertz CT molecular complexity index is 895. The van der Waals surface area contributed by atoms with Crippen molar-refractivity contribution in [3.05, 3.63) is 59.2 Å². The normalized spacial score (nSPS) is 16.2. The number of nitrogens with zero attached hydrogens (tertiary/aromatic N) is 2. The van der Waals surface area contributed by atoms with Crippen LogP contribution in [0.3, 0.4) is 0 Å². The van der Waals surface area contributed by atoms with E-state index in [1.165, 1.54) is 44.9 Å². The number of hydrogen-bond donors (Lipinski definition) is 1. The number of benzene rings is 2. The highest BCUT2D eigenvalue weighted by Crippen LogP contribution is 2.24. The van der Waals surface area contributed by atoms with Gasteiger partial charge in [0.2, 0.25) is 0 Å². The zero-order valence-electron chi connectivity index (χ0n) is 18.7. The molecule has 0 atom stereocenters. The maximum atomic E-state index is 13.5. The highest BCUT2D eigenvalue weighted by atomic mass is 19.1. The minimum atomic E-state index is -0.624. The second-order valence-electron chi connectivity index (χ2n) is 8.18. The van der Waals surface area contributed by atoms with Crippen LogP contribution in [0.4, 0.5) is 20.2 Å². The Kier molecular flexibility index (Phi) is 8.85. The first-order chi connectivity index (χ1) is 15.5. The van der Waals surface area contributed by atoms with Gasteiger partial charge >= 0.3 is 5.97 Å². The van der Waals surface area contributed by atoms with Crippen molar-refractivity contribution >= 4 is 17.3 Å². The number of halogens is 2. The lowest BCUT2D eigenvalue weighted by molar-refractivity contribution is 0.0595. The van der Waals surface area contributed by atoms with E-state index >= 15 is 0 Å². The van der Waals surface area contributed by atoms with Crippen LogP contribution in [0.15, 0.2) is 36.4 Å². The monoisotopic (exact) mass is 446 g/mol. The molecule has 0 bridgehead atoms. The van der Waals surface area contributed by atoms with Crippen molar-refractivity contribution < 1.29 is 23.4 Å². The number of hydrogen-bond acceptors (Lipinski definition) is 5. The summed E-state index contributed by atoms with van der Waals surface area (Å²) in [7, 11) is 1.26. The largest absolute Gasteiger partial charge is 0.465 e. The lowest BCUT2D eigenvalue weighted by atomic mass is 10.1. The predicted octanol–water partition coefficient (Wildman–Crippen LogP) is 4.91. The third-order valence-electron chi connectivity index (χ3n) is 6.00. The fraction of sp³-hybridized carbons (Fsp3) is 0.480. The van der Waals surface area contributed by atoms with Crippen LogP contribution in [-0.4, -0.2) is 44.4 Å². The highest BCUT2D eigenvalue weighted by molar-refractivity contribution is 5.90. The van der Waals surface area contributed by atoms with Gasteiger partial charge in [0.25, 0.3) is 0 Å². The molecule has 0 radical (unpaired) electrons. The molecule has 2 aromatic carbocycles. The van der Waals surface area contributed by atoms with Gasteiger partial charge in [0.1, 0.15) is 11.6 Å². The van der Waals surface area contributed by atoms with Gasteiger partial charge in [-0.2, -0.15) is 0 Å². The van der Waals surface area contributed by atoms with Crippen LogP contribution in [0.1, 0.15) is 54.4 Å². The van der Waals surface area contributed by atoms with Gasteiger partial charge in [-0.15, -0.1) is 0 Å². The average molecular weight is 447 g/mol. The van der Waals surface area contributed by atoms with Crippen LogP contribution in [-0.2, 0) is 11.3 Å². The van der Waals surface area contributed by atoms with Crippen molar-refractivity contribution in [2.24, 2.45) is 0 Å². The molecule has 0 aliphatic carbocycles. The van der Waals surface area contributed by atoms with Gasteiger partial charge in [0.15, 0.2) is 0 Å². The van der Waals surface area contributed by atoms with Crippen molar-refractivity contribution in [3.8, 4) is 0 Å². The number of esters is 1. The molecule has 0 amide bonds. The summed E-state index contributed by atoms with van der Waals surface area (Å²) in [5.74, 6) is -1.47. The smallest absolute Gasteiger partial charge is 0.340 e. The number of ether oxygens (including phenoxy) is 1. The quantitative estimate of drug-likeness (QED) is 0.677. The lowest BCUT2D eigenvalue weighted by Gasteiger charge is -2.29. The fourth-order valence-electron chi connectivity index (χ4n) is 4.16. The highest BCUT2D eigenvalue weighted by Gasteiger charge is 2.17. The Labute approximate surface area is 188 Å². The molecule has 2 fully saturated rings. The van der Waals surface area contributed by atoms with Crippen molar-refractivity contribution in [1.82, 2.24) is 0 Å². The Morgan fingerprint density at radius 1 is 0.844 bits per heavy atom. The summed E-state index contributed by atoms with van der Waals surface area (Å²) in [6, 6.07) is 9.60. The van der Waals surface area contributed by atoms with Gasteiger partial charge in [-0.25, -0.2) is 13.6 Å². The Morgan fingerprint density at radius 3 is 1.84 bits per heavy atom. The summed E-state index contributed by atoms with van der Waals surface area (Å²) in [5.41, 5.74) is 2.32. The van der Waals surface area contributed by atoms with Gasteiger partial charge in [-0.3, -0.25) is 0 Å². The van der Waals surface area contributed by atoms with E-state index < -0.39 is 11.8 Å². The van der Waals surface area contributed by atoms with E-state index in [2.05, 4.69) is 14.5 Å². The minimum absolute atomic E-state index is 0.00979. The Balaban J connectivity index is 0.000000182. The molecule has 2 aliphatic rings. The molecule has 2 aromatic rings. The molecule has 0 unspecified atom stereocenters. The summed E-state index contributed by atoms with van der Waals surface area (Å²) in [6.07, 6.45) is 7.21. The number of aliphatic hydroxyl groups excluding tert-OH is 1. The first-order valence-corrected chi connectivity index (χ1v) is 11.3. The SMILES string of the molecule is COC(=O)c1cc(N2CCCCC2)ccc1F.OCc1cc(N2CCCCC2)ccc1F. The Morgan fingerprint density at radius 2 is 1.34 bits per heavy atom. The molecule has 2 heterocycles. The number of carbonyl (C=O) groups is 1. The Hall–Kier alpha value is -2.67. The zero-order chi connectivity index (χ0) is 22.9. The van der Waals surface area contributed by atoms with Gasteiger partial charge in [-0.05, 0) is 74.9 Å².